The first-order chi connectivity index (χ1) is 11.3. The molecule has 3 heteroatoms. The van der Waals surface area contributed by atoms with Crippen molar-refractivity contribution < 1.29 is 4.74 Å². The summed E-state index contributed by atoms with van der Waals surface area (Å²) in [6.07, 6.45) is 0. The van der Waals surface area contributed by atoms with E-state index in [1.165, 1.54) is 0 Å². The zero-order valence-electron chi connectivity index (χ0n) is 12.7. The minimum absolute atomic E-state index is 0.552. The second-order valence-electron chi connectivity index (χ2n) is 5.25. The molecule has 116 valence electrons. The molecule has 0 aliphatic rings. The predicted octanol–water partition coefficient (Wildman–Crippen LogP) is 5.53. The molecule has 0 fully saturated rings. The highest BCUT2D eigenvalue weighted by Crippen LogP contribution is 2.25. The van der Waals surface area contributed by atoms with Gasteiger partial charge in [-0.25, -0.2) is 0 Å². The molecule has 3 rings (SSSR count). The van der Waals surface area contributed by atoms with Crippen molar-refractivity contribution in [3.05, 3.63) is 95.0 Å². The molecule has 0 spiro atoms. The molecule has 0 aliphatic heterocycles. The lowest BCUT2D eigenvalue weighted by atomic mass is 10.2. The van der Waals surface area contributed by atoms with Crippen molar-refractivity contribution in [2.45, 2.75) is 13.2 Å². The highest BCUT2D eigenvalue weighted by Gasteiger charge is 2.03. The Bertz CT molecular complexity index is 758. The lowest BCUT2D eigenvalue weighted by molar-refractivity contribution is 0.307. The van der Waals surface area contributed by atoms with Crippen LogP contribution in [-0.4, -0.2) is 0 Å². The summed E-state index contributed by atoms with van der Waals surface area (Å²) in [6, 6.07) is 26.0. The van der Waals surface area contributed by atoms with E-state index in [1.807, 2.05) is 66.7 Å². The smallest absolute Gasteiger partial charge is 0.142 e. The molecule has 0 saturated carbocycles. The molecule has 0 unspecified atom stereocenters. The molecular formula is C20H18ClNO. The van der Waals surface area contributed by atoms with Crippen molar-refractivity contribution in [1.82, 2.24) is 0 Å². The number of halogens is 1. The molecule has 0 bridgehead atoms. The van der Waals surface area contributed by atoms with E-state index < -0.39 is 0 Å². The first kappa shape index (κ1) is 15.4. The van der Waals surface area contributed by atoms with Crippen LogP contribution in [0.3, 0.4) is 0 Å². The largest absolute Gasteiger partial charge is 0.487 e. The van der Waals surface area contributed by atoms with Crippen LogP contribution in [0.25, 0.3) is 0 Å². The summed E-state index contributed by atoms with van der Waals surface area (Å²) in [5.41, 5.74) is 3.26. The Morgan fingerprint density at radius 1 is 0.783 bits per heavy atom. The van der Waals surface area contributed by atoms with Crippen LogP contribution < -0.4 is 10.1 Å². The van der Waals surface area contributed by atoms with Gasteiger partial charge in [0.25, 0.3) is 0 Å². The summed E-state index contributed by atoms with van der Waals surface area (Å²) in [4.78, 5) is 0. The van der Waals surface area contributed by atoms with Crippen molar-refractivity contribution in [3.63, 3.8) is 0 Å². The van der Waals surface area contributed by atoms with Crippen LogP contribution in [0.2, 0.25) is 5.02 Å². The van der Waals surface area contributed by atoms with Crippen LogP contribution in [0.1, 0.15) is 11.1 Å². The summed E-state index contributed by atoms with van der Waals surface area (Å²) in [5.74, 6) is 0.846. The molecule has 0 saturated heterocycles. The topological polar surface area (TPSA) is 21.3 Å². The second-order valence-corrected chi connectivity index (χ2v) is 5.69. The lowest BCUT2D eigenvalue weighted by Gasteiger charge is -2.13. The Kier molecular flexibility index (Phi) is 5.17. The van der Waals surface area contributed by atoms with Crippen molar-refractivity contribution in [2.24, 2.45) is 0 Å². The van der Waals surface area contributed by atoms with Gasteiger partial charge in [0, 0.05) is 11.6 Å². The maximum atomic E-state index is 6.02. The monoisotopic (exact) mass is 323 g/mol. The molecule has 23 heavy (non-hydrogen) atoms. The third-order valence-corrected chi connectivity index (χ3v) is 3.73. The van der Waals surface area contributed by atoms with E-state index in [1.54, 1.807) is 0 Å². The van der Waals surface area contributed by atoms with Crippen molar-refractivity contribution >= 4 is 17.3 Å². The summed E-state index contributed by atoms with van der Waals surface area (Å²) in [5, 5.41) is 4.16. The van der Waals surface area contributed by atoms with E-state index >= 15 is 0 Å². The van der Waals surface area contributed by atoms with Gasteiger partial charge >= 0.3 is 0 Å². The Morgan fingerprint density at radius 3 is 2.35 bits per heavy atom. The summed E-state index contributed by atoms with van der Waals surface area (Å²) in [6.45, 7) is 1.25. The molecular weight excluding hydrogens is 306 g/mol. The van der Waals surface area contributed by atoms with E-state index in [0.29, 0.717) is 13.2 Å². The number of hydrogen-bond acceptors (Lipinski definition) is 2. The van der Waals surface area contributed by atoms with Gasteiger partial charge in [0.15, 0.2) is 0 Å². The highest BCUT2D eigenvalue weighted by molar-refractivity contribution is 6.30. The molecule has 0 radical (unpaired) electrons. The van der Waals surface area contributed by atoms with Crippen LogP contribution in [-0.2, 0) is 13.2 Å². The Morgan fingerprint density at radius 2 is 1.52 bits per heavy atom. The third-order valence-electron chi connectivity index (χ3n) is 3.50. The molecule has 0 amide bonds. The normalized spacial score (nSPS) is 10.3. The maximum absolute atomic E-state index is 6.02. The van der Waals surface area contributed by atoms with Gasteiger partial charge in [-0.1, -0.05) is 66.2 Å². The number of hydrogen-bond donors (Lipinski definition) is 1. The van der Waals surface area contributed by atoms with Gasteiger partial charge in [0.05, 0.1) is 5.69 Å². The second kappa shape index (κ2) is 7.70. The van der Waals surface area contributed by atoms with E-state index in [2.05, 4.69) is 17.4 Å². The average Bonchev–Trinajstić information content (AvgIpc) is 2.60. The number of anilines is 1. The summed E-state index contributed by atoms with van der Waals surface area (Å²) < 4.78 is 5.95. The minimum Gasteiger partial charge on any atom is -0.487 e. The van der Waals surface area contributed by atoms with Gasteiger partial charge in [-0.3, -0.25) is 0 Å². The number of ether oxygens (including phenoxy) is 1. The molecule has 0 heterocycles. The van der Waals surface area contributed by atoms with Gasteiger partial charge in [0.1, 0.15) is 12.4 Å². The molecule has 0 aromatic heterocycles. The number of rotatable bonds is 6. The van der Waals surface area contributed by atoms with E-state index in [0.717, 1.165) is 27.6 Å². The predicted molar refractivity (Wildman–Crippen MR) is 96.0 cm³/mol. The third kappa shape index (κ3) is 4.51. The first-order valence-electron chi connectivity index (χ1n) is 7.55. The van der Waals surface area contributed by atoms with Crippen LogP contribution >= 0.6 is 11.6 Å². The fourth-order valence-electron chi connectivity index (χ4n) is 2.32. The molecule has 1 N–H and O–H groups in total. The van der Waals surface area contributed by atoms with Crippen molar-refractivity contribution in [3.8, 4) is 5.75 Å². The lowest BCUT2D eigenvalue weighted by Crippen LogP contribution is -2.03. The standard InChI is InChI=1S/C20H18ClNO/c21-18-10-6-9-17(13-18)14-22-19-11-4-5-12-20(19)23-15-16-7-2-1-3-8-16/h1-13,22H,14-15H2. The molecule has 3 aromatic carbocycles. The molecule has 0 atom stereocenters. The first-order valence-corrected chi connectivity index (χ1v) is 7.93. The van der Waals surface area contributed by atoms with E-state index in [4.69, 9.17) is 16.3 Å². The van der Waals surface area contributed by atoms with Gasteiger partial charge in [-0.15, -0.1) is 0 Å². The fraction of sp³-hybridized carbons (Fsp3) is 0.100. The van der Waals surface area contributed by atoms with Gasteiger partial charge in [0.2, 0.25) is 0 Å². The van der Waals surface area contributed by atoms with Crippen LogP contribution in [0.4, 0.5) is 5.69 Å². The summed E-state index contributed by atoms with van der Waals surface area (Å²) in [7, 11) is 0. The average molecular weight is 324 g/mol. The Labute approximate surface area is 141 Å². The van der Waals surface area contributed by atoms with Crippen LogP contribution in [0.5, 0.6) is 5.75 Å². The minimum atomic E-state index is 0.552. The number of para-hydroxylation sites is 2. The van der Waals surface area contributed by atoms with E-state index in [-0.39, 0.29) is 0 Å². The zero-order valence-corrected chi connectivity index (χ0v) is 13.5. The maximum Gasteiger partial charge on any atom is 0.142 e. The SMILES string of the molecule is Clc1cccc(CNc2ccccc2OCc2ccccc2)c1. The van der Waals surface area contributed by atoms with Gasteiger partial charge < -0.3 is 10.1 Å². The molecule has 3 aromatic rings. The fourth-order valence-corrected chi connectivity index (χ4v) is 2.53. The van der Waals surface area contributed by atoms with Crippen molar-refractivity contribution in [1.29, 1.82) is 0 Å². The Hall–Kier alpha value is -2.45. The zero-order chi connectivity index (χ0) is 15.9. The van der Waals surface area contributed by atoms with Gasteiger partial charge in [-0.05, 0) is 35.4 Å². The van der Waals surface area contributed by atoms with Crippen LogP contribution in [0, 0.1) is 0 Å². The number of nitrogens with one attached hydrogen (secondary N) is 1. The van der Waals surface area contributed by atoms with Crippen LogP contribution in [0.15, 0.2) is 78.9 Å². The Balaban J connectivity index is 1.65. The number of benzene rings is 3. The highest BCUT2D eigenvalue weighted by atomic mass is 35.5. The summed E-state index contributed by atoms with van der Waals surface area (Å²) >= 11 is 6.02. The van der Waals surface area contributed by atoms with Gasteiger partial charge in [-0.2, -0.15) is 0 Å². The molecule has 0 aliphatic carbocycles. The molecule has 2 nitrogen and oxygen atoms in total. The van der Waals surface area contributed by atoms with Crippen molar-refractivity contribution in [2.75, 3.05) is 5.32 Å². The van der Waals surface area contributed by atoms with E-state index in [9.17, 15) is 0 Å². The quantitative estimate of drug-likeness (QED) is 0.644.